The third kappa shape index (κ3) is 5.33. The fourth-order valence-electron chi connectivity index (χ4n) is 2.86. The van der Waals surface area contributed by atoms with E-state index in [2.05, 4.69) is 41.2 Å². The average Bonchev–Trinajstić information content (AvgIpc) is 3.34. The van der Waals surface area contributed by atoms with Crippen molar-refractivity contribution in [1.82, 2.24) is 35.9 Å². The quantitative estimate of drug-likeness (QED) is 0.405. The maximum absolute atomic E-state index is 13.0. The standard InChI is InChI=1S/C21H17FN8O2/c22-16-7-3-14(4-8-16)11-23-21(32)17-10-18(25-12-24-17)26-19(31)9-13-1-5-15(6-2-13)20-27-29-30-28-20/h1-8,10,12H,9,11H2,(H,23,32)(H,24,25,26,31)(H,27,28,29,30). The zero-order valence-corrected chi connectivity index (χ0v) is 16.6. The maximum Gasteiger partial charge on any atom is 0.270 e. The molecule has 3 N–H and O–H groups in total. The number of H-pyrrole nitrogens is 1. The van der Waals surface area contributed by atoms with E-state index < -0.39 is 5.91 Å². The summed E-state index contributed by atoms with van der Waals surface area (Å²) < 4.78 is 13.0. The molecule has 11 heteroatoms. The van der Waals surface area contributed by atoms with Gasteiger partial charge in [0.2, 0.25) is 5.91 Å². The summed E-state index contributed by atoms with van der Waals surface area (Å²) in [5.74, 6) is -0.340. The molecule has 2 heterocycles. The average molecular weight is 432 g/mol. The number of nitrogens with zero attached hydrogens (tertiary/aromatic N) is 5. The molecule has 0 saturated heterocycles. The Labute approximate surface area is 181 Å². The van der Waals surface area contributed by atoms with Gasteiger partial charge in [0.05, 0.1) is 6.42 Å². The lowest BCUT2D eigenvalue weighted by Gasteiger charge is -2.08. The van der Waals surface area contributed by atoms with Gasteiger partial charge in [-0.3, -0.25) is 9.59 Å². The zero-order chi connectivity index (χ0) is 22.3. The van der Waals surface area contributed by atoms with E-state index in [1.165, 1.54) is 24.5 Å². The molecule has 0 unspecified atom stereocenters. The number of tetrazole rings is 1. The van der Waals surface area contributed by atoms with Crippen molar-refractivity contribution < 1.29 is 14.0 Å². The SMILES string of the molecule is O=C(Cc1ccc(-c2nnn[nH]2)cc1)Nc1cc(C(=O)NCc2ccc(F)cc2)ncn1. The van der Waals surface area contributed by atoms with Crippen LogP contribution < -0.4 is 10.6 Å². The molecule has 2 aromatic carbocycles. The Morgan fingerprint density at radius 1 is 0.969 bits per heavy atom. The Kier molecular flexibility index (Phi) is 6.16. The molecule has 0 saturated carbocycles. The van der Waals surface area contributed by atoms with Gasteiger partial charge in [-0.05, 0) is 33.7 Å². The van der Waals surface area contributed by atoms with Gasteiger partial charge in [-0.15, -0.1) is 5.10 Å². The highest BCUT2D eigenvalue weighted by atomic mass is 19.1. The predicted molar refractivity (Wildman–Crippen MR) is 112 cm³/mol. The van der Waals surface area contributed by atoms with E-state index in [1.807, 2.05) is 0 Å². The lowest BCUT2D eigenvalue weighted by molar-refractivity contribution is -0.115. The number of aromatic nitrogens is 6. The third-order valence-corrected chi connectivity index (χ3v) is 4.47. The molecular formula is C21H17FN8O2. The van der Waals surface area contributed by atoms with Gasteiger partial charge in [-0.1, -0.05) is 36.4 Å². The van der Waals surface area contributed by atoms with Crippen LogP contribution >= 0.6 is 0 Å². The highest BCUT2D eigenvalue weighted by molar-refractivity contribution is 5.95. The van der Waals surface area contributed by atoms with E-state index in [9.17, 15) is 14.0 Å². The summed E-state index contributed by atoms with van der Waals surface area (Å²) in [7, 11) is 0. The van der Waals surface area contributed by atoms with Crippen molar-refractivity contribution in [3.8, 4) is 11.4 Å². The Hall–Kier alpha value is -4.54. The first kappa shape index (κ1) is 20.7. The minimum atomic E-state index is -0.440. The van der Waals surface area contributed by atoms with Crippen molar-refractivity contribution >= 4 is 17.6 Å². The van der Waals surface area contributed by atoms with E-state index in [0.717, 1.165) is 16.7 Å². The molecule has 0 bridgehead atoms. The van der Waals surface area contributed by atoms with Crippen LogP contribution in [0.1, 0.15) is 21.6 Å². The van der Waals surface area contributed by atoms with Gasteiger partial charge >= 0.3 is 0 Å². The second-order valence-corrected chi connectivity index (χ2v) is 6.77. The van der Waals surface area contributed by atoms with Crippen LogP contribution in [0.4, 0.5) is 10.2 Å². The van der Waals surface area contributed by atoms with E-state index in [0.29, 0.717) is 5.82 Å². The van der Waals surface area contributed by atoms with Crippen molar-refractivity contribution in [2.24, 2.45) is 0 Å². The van der Waals surface area contributed by atoms with Crippen LogP contribution in [0.5, 0.6) is 0 Å². The number of hydrogen-bond donors (Lipinski definition) is 3. The summed E-state index contributed by atoms with van der Waals surface area (Å²) in [5.41, 5.74) is 2.42. The van der Waals surface area contributed by atoms with Gasteiger partial charge in [0, 0.05) is 18.2 Å². The van der Waals surface area contributed by atoms with E-state index in [4.69, 9.17) is 0 Å². The van der Waals surface area contributed by atoms with Crippen molar-refractivity contribution in [3.05, 3.63) is 83.6 Å². The lowest BCUT2D eigenvalue weighted by atomic mass is 10.1. The largest absolute Gasteiger partial charge is 0.347 e. The molecule has 0 fully saturated rings. The monoisotopic (exact) mass is 432 g/mol. The minimum absolute atomic E-state index is 0.0995. The fourth-order valence-corrected chi connectivity index (χ4v) is 2.86. The van der Waals surface area contributed by atoms with Crippen LogP contribution in [0, 0.1) is 5.82 Å². The normalized spacial score (nSPS) is 10.5. The molecule has 0 aliphatic rings. The second kappa shape index (κ2) is 9.51. The maximum atomic E-state index is 13.0. The molecule has 32 heavy (non-hydrogen) atoms. The molecule has 0 spiro atoms. The molecule has 0 atom stereocenters. The smallest absolute Gasteiger partial charge is 0.270 e. The number of carbonyl (C=O) groups is 2. The highest BCUT2D eigenvalue weighted by Crippen LogP contribution is 2.15. The lowest BCUT2D eigenvalue weighted by Crippen LogP contribution is -2.24. The molecule has 160 valence electrons. The molecule has 10 nitrogen and oxygen atoms in total. The van der Waals surface area contributed by atoms with Gasteiger partial charge in [0.25, 0.3) is 5.91 Å². The molecule has 0 radical (unpaired) electrons. The summed E-state index contributed by atoms with van der Waals surface area (Å²) in [5, 5.41) is 18.9. The molecule has 2 amide bonds. The first-order chi connectivity index (χ1) is 15.6. The Morgan fingerprint density at radius 3 is 2.44 bits per heavy atom. The van der Waals surface area contributed by atoms with E-state index in [1.54, 1.807) is 36.4 Å². The predicted octanol–water partition coefficient (Wildman–Crippen LogP) is 1.91. The summed E-state index contributed by atoms with van der Waals surface area (Å²) in [6.45, 7) is 0.213. The number of anilines is 1. The minimum Gasteiger partial charge on any atom is -0.347 e. The topological polar surface area (TPSA) is 138 Å². The van der Waals surface area contributed by atoms with Crippen LogP contribution in [0.25, 0.3) is 11.4 Å². The number of amides is 2. The third-order valence-electron chi connectivity index (χ3n) is 4.47. The van der Waals surface area contributed by atoms with Gasteiger partial charge < -0.3 is 10.6 Å². The number of nitrogens with one attached hydrogen (secondary N) is 3. The first-order valence-electron chi connectivity index (χ1n) is 9.54. The van der Waals surface area contributed by atoms with Crippen LogP contribution in [0.15, 0.2) is 60.9 Å². The van der Waals surface area contributed by atoms with Crippen LogP contribution in [-0.4, -0.2) is 42.4 Å². The molecule has 0 aliphatic heterocycles. The summed E-state index contributed by atoms with van der Waals surface area (Å²) in [6.07, 6.45) is 1.31. The van der Waals surface area contributed by atoms with Gasteiger partial charge in [-0.2, -0.15) is 0 Å². The summed E-state index contributed by atoms with van der Waals surface area (Å²) >= 11 is 0. The first-order valence-corrected chi connectivity index (χ1v) is 9.54. The van der Waals surface area contributed by atoms with Crippen molar-refractivity contribution in [2.75, 3.05) is 5.32 Å². The second-order valence-electron chi connectivity index (χ2n) is 6.77. The van der Waals surface area contributed by atoms with Crippen LogP contribution in [-0.2, 0) is 17.8 Å². The molecular weight excluding hydrogens is 415 g/mol. The number of benzene rings is 2. The summed E-state index contributed by atoms with van der Waals surface area (Å²) in [6, 6.07) is 14.4. The van der Waals surface area contributed by atoms with E-state index >= 15 is 0 Å². The van der Waals surface area contributed by atoms with Crippen molar-refractivity contribution in [2.45, 2.75) is 13.0 Å². The molecule has 2 aromatic heterocycles. The highest BCUT2D eigenvalue weighted by Gasteiger charge is 2.11. The Balaban J connectivity index is 1.33. The number of rotatable bonds is 7. The van der Waals surface area contributed by atoms with Crippen LogP contribution in [0.3, 0.4) is 0 Å². The number of hydrogen-bond acceptors (Lipinski definition) is 7. The Morgan fingerprint density at radius 2 is 1.72 bits per heavy atom. The van der Waals surface area contributed by atoms with Gasteiger partial charge in [0.1, 0.15) is 23.7 Å². The molecule has 4 aromatic rings. The van der Waals surface area contributed by atoms with E-state index in [-0.39, 0.29) is 36.2 Å². The van der Waals surface area contributed by atoms with Crippen molar-refractivity contribution in [1.29, 1.82) is 0 Å². The zero-order valence-electron chi connectivity index (χ0n) is 16.6. The molecule has 4 rings (SSSR count). The Bertz CT molecular complexity index is 1210. The number of halogens is 1. The van der Waals surface area contributed by atoms with Gasteiger partial charge in [-0.25, -0.2) is 19.5 Å². The number of aromatic amines is 1. The fraction of sp³-hybridized carbons (Fsp3) is 0.0952. The van der Waals surface area contributed by atoms with Crippen LogP contribution in [0.2, 0.25) is 0 Å². The summed E-state index contributed by atoms with van der Waals surface area (Å²) in [4.78, 5) is 32.6. The number of carbonyl (C=O) groups excluding carboxylic acids is 2. The van der Waals surface area contributed by atoms with Gasteiger partial charge in [0.15, 0.2) is 5.82 Å². The van der Waals surface area contributed by atoms with Crippen molar-refractivity contribution in [3.63, 3.8) is 0 Å². The molecule has 0 aliphatic carbocycles.